The number of anilines is 1. The van der Waals surface area contributed by atoms with E-state index < -0.39 is 17.1 Å². The number of ether oxygens (including phenoxy) is 1. The van der Waals surface area contributed by atoms with Crippen LogP contribution in [0, 0.1) is 0 Å². The highest BCUT2D eigenvalue weighted by atomic mass is 35.5. The lowest BCUT2D eigenvalue weighted by molar-refractivity contribution is 0.101. The summed E-state index contributed by atoms with van der Waals surface area (Å²) in [5.74, 6) is -0.811. The fraction of sp³-hybridized carbons (Fsp3) is 0.0769. The Balaban J connectivity index is 1.62. The second-order valence-corrected chi connectivity index (χ2v) is 8.22. The SMILES string of the molecule is COc1cccc(C(=O)c2oc3ccccc3c2NC(=O)c2nn(C)c3ccc(Cl)cc3c2=O)c1. The van der Waals surface area contributed by atoms with Crippen molar-refractivity contribution in [2.75, 3.05) is 12.4 Å². The molecular weight excluding hydrogens is 470 g/mol. The lowest BCUT2D eigenvalue weighted by atomic mass is 10.1. The van der Waals surface area contributed by atoms with E-state index in [1.165, 1.54) is 17.9 Å². The second-order valence-electron chi connectivity index (χ2n) is 7.78. The van der Waals surface area contributed by atoms with Gasteiger partial charge in [-0.25, -0.2) is 0 Å². The second kappa shape index (κ2) is 8.73. The first-order chi connectivity index (χ1) is 16.9. The largest absolute Gasteiger partial charge is 0.497 e. The summed E-state index contributed by atoms with van der Waals surface area (Å²) in [5, 5.41) is 7.97. The number of benzene rings is 3. The number of para-hydroxylation sites is 1. The number of amides is 1. The number of hydrogen-bond donors (Lipinski definition) is 1. The molecule has 1 N–H and O–H groups in total. The molecule has 0 fully saturated rings. The van der Waals surface area contributed by atoms with Gasteiger partial charge in [0.1, 0.15) is 11.3 Å². The summed E-state index contributed by atoms with van der Waals surface area (Å²) in [5.41, 5.74) is 0.472. The van der Waals surface area contributed by atoms with Crippen molar-refractivity contribution in [1.82, 2.24) is 9.78 Å². The molecule has 0 saturated carbocycles. The van der Waals surface area contributed by atoms with Gasteiger partial charge in [-0.15, -0.1) is 0 Å². The Labute approximate surface area is 203 Å². The van der Waals surface area contributed by atoms with Gasteiger partial charge in [0.05, 0.1) is 23.7 Å². The Morgan fingerprint density at radius 1 is 1.03 bits per heavy atom. The number of furan rings is 1. The lowest BCUT2D eigenvalue weighted by Crippen LogP contribution is -2.27. The van der Waals surface area contributed by atoms with Crippen LogP contribution < -0.4 is 15.5 Å². The van der Waals surface area contributed by atoms with Gasteiger partial charge in [-0.1, -0.05) is 35.9 Å². The molecule has 5 aromatic rings. The quantitative estimate of drug-likeness (QED) is 0.356. The van der Waals surface area contributed by atoms with Crippen LogP contribution in [0.2, 0.25) is 5.02 Å². The van der Waals surface area contributed by atoms with E-state index in [0.717, 1.165) is 0 Å². The maximum Gasteiger partial charge on any atom is 0.280 e. The zero-order valence-corrected chi connectivity index (χ0v) is 19.4. The molecule has 9 heteroatoms. The van der Waals surface area contributed by atoms with Crippen molar-refractivity contribution in [3.63, 3.8) is 0 Å². The molecule has 2 heterocycles. The molecule has 0 atom stereocenters. The molecule has 3 aromatic carbocycles. The topological polar surface area (TPSA) is 103 Å². The van der Waals surface area contributed by atoms with Crippen LogP contribution >= 0.6 is 11.6 Å². The van der Waals surface area contributed by atoms with Crippen LogP contribution in [0.4, 0.5) is 5.69 Å². The van der Waals surface area contributed by atoms with Gasteiger partial charge in [0, 0.05) is 23.0 Å². The predicted octanol–water partition coefficient (Wildman–Crippen LogP) is 4.83. The number of ketones is 1. The fourth-order valence-corrected chi connectivity index (χ4v) is 4.07. The summed E-state index contributed by atoms with van der Waals surface area (Å²) < 4.78 is 12.5. The summed E-state index contributed by atoms with van der Waals surface area (Å²) >= 11 is 6.06. The Hall–Kier alpha value is -4.43. The van der Waals surface area contributed by atoms with Crippen LogP contribution in [-0.2, 0) is 7.05 Å². The zero-order valence-electron chi connectivity index (χ0n) is 18.7. The molecular formula is C26H18ClN3O5. The molecule has 0 spiro atoms. The summed E-state index contributed by atoms with van der Waals surface area (Å²) in [6, 6.07) is 18.3. The van der Waals surface area contributed by atoms with Gasteiger partial charge in [0.15, 0.2) is 11.5 Å². The Kier molecular flexibility index (Phi) is 5.58. The average molecular weight is 488 g/mol. The first-order valence-corrected chi connectivity index (χ1v) is 10.9. The molecule has 174 valence electrons. The molecule has 1 amide bonds. The highest BCUT2D eigenvalue weighted by Crippen LogP contribution is 2.33. The predicted molar refractivity (Wildman–Crippen MR) is 133 cm³/mol. The summed E-state index contributed by atoms with van der Waals surface area (Å²) in [6.45, 7) is 0. The first-order valence-electron chi connectivity index (χ1n) is 10.6. The molecule has 0 radical (unpaired) electrons. The third-order valence-corrected chi connectivity index (χ3v) is 5.84. The normalized spacial score (nSPS) is 11.1. The molecule has 0 aliphatic rings. The number of carbonyl (C=O) groups is 2. The molecule has 0 bridgehead atoms. The lowest BCUT2D eigenvalue weighted by Gasteiger charge is -2.09. The van der Waals surface area contributed by atoms with Crippen LogP contribution in [0.5, 0.6) is 5.75 Å². The van der Waals surface area contributed by atoms with Crippen LogP contribution in [0.1, 0.15) is 26.6 Å². The number of halogens is 1. The summed E-state index contributed by atoms with van der Waals surface area (Å²) in [4.78, 5) is 39.7. The van der Waals surface area contributed by atoms with E-state index in [9.17, 15) is 14.4 Å². The maximum absolute atomic E-state index is 13.4. The number of methoxy groups -OCH3 is 1. The molecule has 8 nitrogen and oxygen atoms in total. The standard InChI is InChI=1S/C26H18ClN3O5/c1-30-19-11-10-15(27)13-18(19)24(32)22(29-30)26(33)28-21-17-8-3-4-9-20(17)35-25(21)23(31)14-6-5-7-16(12-14)34-2/h3-13H,1-2H3,(H,28,33). The Bertz CT molecular complexity index is 1700. The third kappa shape index (κ3) is 3.94. The van der Waals surface area contributed by atoms with Crippen molar-refractivity contribution in [1.29, 1.82) is 0 Å². The van der Waals surface area contributed by atoms with Gasteiger partial charge in [-0.3, -0.25) is 19.1 Å². The minimum absolute atomic E-state index is 0.0755. The van der Waals surface area contributed by atoms with E-state index in [1.54, 1.807) is 67.7 Å². The van der Waals surface area contributed by atoms with E-state index in [0.29, 0.717) is 32.8 Å². The number of aromatic nitrogens is 2. The van der Waals surface area contributed by atoms with E-state index in [1.807, 2.05) is 0 Å². The number of fused-ring (bicyclic) bond motifs is 2. The minimum atomic E-state index is -0.779. The van der Waals surface area contributed by atoms with Gasteiger partial charge in [-0.2, -0.15) is 5.10 Å². The van der Waals surface area contributed by atoms with E-state index in [-0.39, 0.29) is 22.5 Å². The van der Waals surface area contributed by atoms with Gasteiger partial charge in [0.2, 0.25) is 11.2 Å². The van der Waals surface area contributed by atoms with Gasteiger partial charge in [-0.05, 0) is 42.5 Å². The van der Waals surface area contributed by atoms with E-state index in [2.05, 4.69) is 10.4 Å². The highest BCUT2D eigenvalue weighted by molar-refractivity contribution is 6.31. The first kappa shape index (κ1) is 22.4. The summed E-state index contributed by atoms with van der Waals surface area (Å²) in [7, 11) is 3.12. The Morgan fingerprint density at radius 3 is 2.63 bits per heavy atom. The van der Waals surface area contributed by atoms with Crippen molar-refractivity contribution in [3.05, 3.63) is 99.0 Å². The summed E-state index contributed by atoms with van der Waals surface area (Å²) in [6.07, 6.45) is 0. The van der Waals surface area contributed by atoms with E-state index in [4.69, 9.17) is 20.8 Å². The smallest absolute Gasteiger partial charge is 0.280 e. The van der Waals surface area contributed by atoms with Gasteiger partial charge in [0.25, 0.3) is 5.91 Å². The molecule has 2 aromatic heterocycles. The zero-order chi connectivity index (χ0) is 24.7. The van der Waals surface area contributed by atoms with E-state index >= 15 is 0 Å². The number of nitrogens with one attached hydrogen (secondary N) is 1. The van der Waals surface area contributed by atoms with Crippen molar-refractivity contribution >= 4 is 50.9 Å². The number of carbonyl (C=O) groups excluding carboxylic acids is 2. The van der Waals surface area contributed by atoms with Gasteiger partial charge >= 0.3 is 0 Å². The molecule has 0 aliphatic carbocycles. The number of hydrogen-bond acceptors (Lipinski definition) is 6. The third-order valence-electron chi connectivity index (χ3n) is 5.60. The molecule has 35 heavy (non-hydrogen) atoms. The van der Waals surface area contributed by atoms with Crippen LogP contribution in [-0.4, -0.2) is 28.6 Å². The molecule has 5 rings (SSSR count). The van der Waals surface area contributed by atoms with Crippen molar-refractivity contribution < 1.29 is 18.7 Å². The molecule has 0 saturated heterocycles. The van der Waals surface area contributed by atoms with Crippen molar-refractivity contribution in [2.24, 2.45) is 7.05 Å². The van der Waals surface area contributed by atoms with Gasteiger partial charge < -0.3 is 14.5 Å². The highest BCUT2D eigenvalue weighted by Gasteiger charge is 2.26. The Morgan fingerprint density at radius 2 is 1.83 bits per heavy atom. The number of aryl methyl sites for hydroxylation is 1. The molecule has 0 aliphatic heterocycles. The van der Waals surface area contributed by atoms with Crippen molar-refractivity contribution in [3.8, 4) is 5.75 Å². The number of nitrogens with zero attached hydrogens (tertiary/aromatic N) is 2. The monoisotopic (exact) mass is 487 g/mol. The maximum atomic E-state index is 13.4. The minimum Gasteiger partial charge on any atom is -0.497 e. The number of rotatable bonds is 5. The molecule has 0 unspecified atom stereocenters. The van der Waals surface area contributed by atoms with Crippen LogP contribution in [0.3, 0.4) is 0 Å². The fourth-order valence-electron chi connectivity index (χ4n) is 3.90. The average Bonchev–Trinajstić information content (AvgIpc) is 3.23. The van der Waals surface area contributed by atoms with Crippen molar-refractivity contribution in [2.45, 2.75) is 0 Å². The van der Waals surface area contributed by atoms with Crippen LogP contribution in [0.15, 0.2) is 75.9 Å². The van der Waals surface area contributed by atoms with Crippen LogP contribution in [0.25, 0.3) is 21.9 Å².